The fraction of sp³-hybridized carbons (Fsp3) is 0.455. The average Bonchev–Trinajstić information content (AvgIpc) is 3.48. The molecule has 2 heterocycles. The van der Waals surface area contributed by atoms with Crippen LogP contribution in [0.15, 0.2) is 40.8 Å². The Morgan fingerprint density at radius 3 is 2.34 bits per heavy atom. The van der Waals surface area contributed by atoms with E-state index in [-0.39, 0.29) is 17.6 Å². The number of hydrogen-bond acceptors (Lipinski definition) is 4. The van der Waals surface area contributed by atoms with Gasteiger partial charge in [0.25, 0.3) is 5.91 Å². The molecule has 0 radical (unpaired) electrons. The average molecular weight is 399 g/mol. The van der Waals surface area contributed by atoms with Crippen LogP contribution >= 0.6 is 0 Å². The van der Waals surface area contributed by atoms with Crippen LogP contribution in [0.2, 0.25) is 0 Å². The van der Waals surface area contributed by atoms with E-state index in [0.717, 1.165) is 24.4 Å². The van der Waals surface area contributed by atoms with Crippen molar-refractivity contribution >= 4 is 11.8 Å². The summed E-state index contributed by atoms with van der Waals surface area (Å²) in [6, 6.07) is 9.79. The highest BCUT2D eigenvalue weighted by Gasteiger charge is 2.34. The van der Waals surface area contributed by atoms with Gasteiger partial charge in [-0.15, -0.1) is 0 Å². The van der Waals surface area contributed by atoms with Crippen molar-refractivity contribution in [2.24, 2.45) is 0 Å². The lowest BCUT2D eigenvalue weighted by Crippen LogP contribution is -2.51. The van der Waals surface area contributed by atoms with Crippen molar-refractivity contribution < 1.29 is 18.4 Å². The summed E-state index contributed by atoms with van der Waals surface area (Å²) in [4.78, 5) is 31.2. The number of piperazine rings is 1. The maximum Gasteiger partial charge on any atom is 0.253 e. The summed E-state index contributed by atoms with van der Waals surface area (Å²) in [5.41, 5.74) is 0.490. The molecule has 154 valence electrons. The normalized spacial score (nSPS) is 17.4. The lowest BCUT2D eigenvalue weighted by Gasteiger charge is -2.35. The zero-order chi connectivity index (χ0) is 20.4. The molecule has 0 N–H and O–H groups in total. The number of carbonyl (C=O) groups is 2. The Kier molecular flexibility index (Phi) is 5.67. The Morgan fingerprint density at radius 1 is 1.07 bits per heavy atom. The molecule has 2 fully saturated rings. The van der Waals surface area contributed by atoms with Crippen LogP contribution in [0.25, 0.3) is 0 Å². The van der Waals surface area contributed by atoms with Gasteiger partial charge in [-0.2, -0.15) is 0 Å². The molecule has 1 aliphatic carbocycles. The number of carbonyl (C=O) groups excluding carboxylic acids is 2. The van der Waals surface area contributed by atoms with Crippen LogP contribution < -0.4 is 0 Å². The van der Waals surface area contributed by atoms with Crippen molar-refractivity contribution in [3.8, 4) is 0 Å². The van der Waals surface area contributed by atoms with Gasteiger partial charge in [-0.05, 0) is 56.2 Å². The van der Waals surface area contributed by atoms with E-state index in [0.29, 0.717) is 50.9 Å². The number of aryl methyl sites for hydroxylation is 1. The second-order valence-corrected chi connectivity index (χ2v) is 7.84. The fourth-order valence-electron chi connectivity index (χ4n) is 3.71. The second kappa shape index (κ2) is 8.37. The number of benzene rings is 1. The molecule has 1 saturated heterocycles. The zero-order valence-electron chi connectivity index (χ0n) is 16.6. The standard InChI is InChI=1S/C22H26FN3O3/c1-16-2-9-20(29-16)14-26(19-7-8-19)21(27)15-24-10-12-25(13-11-24)22(28)17-3-5-18(23)6-4-17/h2-6,9,19H,7-8,10-15H2,1H3. The topological polar surface area (TPSA) is 57.0 Å². The van der Waals surface area contributed by atoms with Gasteiger partial charge in [0.05, 0.1) is 13.1 Å². The van der Waals surface area contributed by atoms with Gasteiger partial charge in [0.2, 0.25) is 5.91 Å². The van der Waals surface area contributed by atoms with Crippen LogP contribution in [-0.2, 0) is 11.3 Å². The molecular formula is C22H26FN3O3. The lowest BCUT2D eigenvalue weighted by atomic mass is 10.1. The predicted molar refractivity (Wildman–Crippen MR) is 106 cm³/mol. The number of halogens is 1. The third kappa shape index (κ3) is 4.85. The smallest absolute Gasteiger partial charge is 0.253 e. The van der Waals surface area contributed by atoms with Crippen molar-refractivity contribution in [1.82, 2.24) is 14.7 Å². The summed E-state index contributed by atoms with van der Waals surface area (Å²) in [7, 11) is 0. The van der Waals surface area contributed by atoms with Gasteiger partial charge in [0.1, 0.15) is 17.3 Å². The highest BCUT2D eigenvalue weighted by molar-refractivity contribution is 5.94. The number of furan rings is 1. The van der Waals surface area contributed by atoms with Crippen LogP contribution in [0.1, 0.15) is 34.7 Å². The van der Waals surface area contributed by atoms with Gasteiger partial charge in [-0.3, -0.25) is 14.5 Å². The molecule has 2 aliphatic rings. The van der Waals surface area contributed by atoms with Crippen LogP contribution in [-0.4, -0.2) is 65.3 Å². The molecule has 29 heavy (non-hydrogen) atoms. The first-order chi connectivity index (χ1) is 14.0. The van der Waals surface area contributed by atoms with Crippen LogP contribution in [0.5, 0.6) is 0 Å². The maximum atomic E-state index is 13.1. The Bertz CT molecular complexity index is 868. The van der Waals surface area contributed by atoms with Gasteiger partial charge < -0.3 is 14.2 Å². The Hall–Kier alpha value is -2.67. The monoisotopic (exact) mass is 399 g/mol. The van der Waals surface area contributed by atoms with Gasteiger partial charge in [0, 0.05) is 37.8 Å². The highest BCUT2D eigenvalue weighted by Crippen LogP contribution is 2.29. The van der Waals surface area contributed by atoms with Gasteiger partial charge in [-0.25, -0.2) is 4.39 Å². The summed E-state index contributed by atoms with van der Waals surface area (Å²) in [5, 5.41) is 0. The zero-order valence-corrected chi connectivity index (χ0v) is 16.6. The summed E-state index contributed by atoms with van der Waals surface area (Å²) < 4.78 is 18.7. The molecule has 7 heteroatoms. The van der Waals surface area contributed by atoms with E-state index in [2.05, 4.69) is 4.90 Å². The number of amides is 2. The van der Waals surface area contributed by atoms with Crippen molar-refractivity contribution in [3.05, 3.63) is 59.3 Å². The Labute approximate surface area is 169 Å². The molecule has 1 aliphatic heterocycles. The van der Waals surface area contributed by atoms with Gasteiger partial charge >= 0.3 is 0 Å². The second-order valence-electron chi connectivity index (χ2n) is 7.84. The molecule has 2 aromatic rings. The Balaban J connectivity index is 1.29. The minimum Gasteiger partial charge on any atom is -0.464 e. The molecule has 1 saturated carbocycles. The number of nitrogens with zero attached hydrogens (tertiary/aromatic N) is 3. The summed E-state index contributed by atoms with van der Waals surface area (Å²) in [5.74, 6) is 1.33. The molecule has 4 rings (SSSR count). The molecule has 0 unspecified atom stereocenters. The van der Waals surface area contributed by atoms with Crippen molar-refractivity contribution in [1.29, 1.82) is 0 Å². The van der Waals surface area contributed by atoms with E-state index in [1.54, 1.807) is 4.90 Å². The first-order valence-electron chi connectivity index (χ1n) is 10.1. The van der Waals surface area contributed by atoms with E-state index in [1.165, 1.54) is 24.3 Å². The van der Waals surface area contributed by atoms with E-state index in [4.69, 9.17) is 4.42 Å². The predicted octanol–water partition coefficient (Wildman–Crippen LogP) is 2.68. The molecule has 0 atom stereocenters. The SMILES string of the molecule is Cc1ccc(CN(C(=O)CN2CCN(C(=O)c3ccc(F)cc3)CC2)C2CC2)o1. The molecular weight excluding hydrogens is 373 g/mol. The van der Waals surface area contributed by atoms with Crippen molar-refractivity contribution in [2.75, 3.05) is 32.7 Å². The molecule has 0 bridgehead atoms. The van der Waals surface area contributed by atoms with Crippen molar-refractivity contribution in [2.45, 2.75) is 32.4 Å². The van der Waals surface area contributed by atoms with Crippen molar-refractivity contribution in [3.63, 3.8) is 0 Å². The first-order valence-corrected chi connectivity index (χ1v) is 10.1. The summed E-state index contributed by atoms with van der Waals surface area (Å²) >= 11 is 0. The third-order valence-corrected chi connectivity index (χ3v) is 5.54. The quantitative estimate of drug-likeness (QED) is 0.750. The summed E-state index contributed by atoms with van der Waals surface area (Å²) in [6.45, 7) is 5.19. The van der Waals surface area contributed by atoms with Crippen LogP contribution in [0.3, 0.4) is 0 Å². The van der Waals surface area contributed by atoms with Gasteiger partial charge in [0.15, 0.2) is 0 Å². The minimum atomic E-state index is -0.352. The van der Waals surface area contributed by atoms with E-state index >= 15 is 0 Å². The van der Waals surface area contributed by atoms with Crippen LogP contribution in [0.4, 0.5) is 4.39 Å². The summed E-state index contributed by atoms with van der Waals surface area (Å²) in [6.07, 6.45) is 2.09. The first kappa shape index (κ1) is 19.6. The molecule has 1 aromatic carbocycles. The van der Waals surface area contributed by atoms with E-state index < -0.39 is 0 Å². The van der Waals surface area contributed by atoms with E-state index in [1.807, 2.05) is 24.0 Å². The largest absolute Gasteiger partial charge is 0.464 e. The maximum absolute atomic E-state index is 13.1. The number of rotatable bonds is 6. The van der Waals surface area contributed by atoms with Gasteiger partial charge in [-0.1, -0.05) is 0 Å². The van der Waals surface area contributed by atoms with E-state index in [9.17, 15) is 14.0 Å². The molecule has 0 spiro atoms. The third-order valence-electron chi connectivity index (χ3n) is 5.54. The minimum absolute atomic E-state index is 0.0937. The number of hydrogen-bond donors (Lipinski definition) is 0. The molecule has 2 amide bonds. The van der Waals surface area contributed by atoms with Crippen LogP contribution in [0, 0.1) is 12.7 Å². The highest BCUT2D eigenvalue weighted by atomic mass is 19.1. The Morgan fingerprint density at radius 2 is 1.76 bits per heavy atom. The lowest BCUT2D eigenvalue weighted by molar-refractivity contribution is -0.134. The molecule has 6 nitrogen and oxygen atoms in total. The molecule has 1 aromatic heterocycles. The fourth-order valence-corrected chi connectivity index (χ4v) is 3.71.